The summed E-state index contributed by atoms with van der Waals surface area (Å²) in [7, 11) is -5.20. The van der Waals surface area contributed by atoms with Crippen molar-refractivity contribution in [1.82, 2.24) is 5.32 Å². The summed E-state index contributed by atoms with van der Waals surface area (Å²) in [4.78, 5) is 12.5. The summed E-state index contributed by atoms with van der Waals surface area (Å²) in [6.45, 7) is 14.8. The van der Waals surface area contributed by atoms with Crippen LogP contribution in [0.3, 0.4) is 0 Å². The summed E-state index contributed by atoms with van der Waals surface area (Å²) in [6, 6.07) is 13.0. The number of hydrogen-bond donors (Lipinski definition) is 3. The van der Waals surface area contributed by atoms with Crippen LogP contribution in [0.25, 0.3) is 0 Å². The Balaban J connectivity index is 2.15. The van der Waals surface area contributed by atoms with Crippen LogP contribution in [-0.2, 0) is 15.4 Å². The summed E-state index contributed by atoms with van der Waals surface area (Å²) >= 11 is 0. The molecule has 0 aliphatic heterocycles. The monoisotopic (exact) mass is 461 g/mol. The van der Waals surface area contributed by atoms with Gasteiger partial charge in [-0.05, 0) is 46.9 Å². The van der Waals surface area contributed by atoms with Crippen molar-refractivity contribution in [2.75, 3.05) is 16.3 Å². The Morgan fingerprint density at radius 3 is 2.06 bits per heavy atom. The Morgan fingerprint density at radius 2 is 1.58 bits per heavy atom. The molecule has 0 saturated heterocycles. The van der Waals surface area contributed by atoms with E-state index in [4.69, 9.17) is 0 Å². The van der Waals surface area contributed by atoms with Gasteiger partial charge in [0.2, 0.25) is 10.0 Å². The predicted octanol–water partition coefficient (Wildman–Crippen LogP) is 4.78. The van der Waals surface area contributed by atoms with Crippen LogP contribution in [-0.4, -0.2) is 28.8 Å². The summed E-state index contributed by atoms with van der Waals surface area (Å²) < 4.78 is 26.1. The number of urea groups is 1. The van der Waals surface area contributed by atoms with E-state index < -0.39 is 18.1 Å². The first-order valence-corrected chi connectivity index (χ1v) is 15.8. The number of anilines is 2. The molecule has 0 unspecified atom stereocenters. The minimum atomic E-state index is -3.37. The zero-order valence-corrected chi connectivity index (χ0v) is 21.6. The Hall–Kier alpha value is -2.32. The van der Waals surface area contributed by atoms with Crippen LogP contribution in [0, 0.1) is 0 Å². The molecule has 0 saturated carbocycles. The molecule has 31 heavy (non-hydrogen) atoms. The highest BCUT2D eigenvalue weighted by molar-refractivity contribution is 7.92. The SMILES string of the molecule is C[C@@H](NC(=O)Nc1ccc(C(C)(C)C)cc1)c1ccc(NS(C)(=O)=O)c([Si](C)(C)C)c1. The van der Waals surface area contributed by atoms with Gasteiger partial charge in [-0.15, -0.1) is 0 Å². The molecule has 170 valence electrons. The molecule has 2 amide bonds. The highest BCUT2D eigenvalue weighted by Gasteiger charge is 2.23. The Morgan fingerprint density at radius 1 is 1.00 bits per heavy atom. The van der Waals surface area contributed by atoms with Gasteiger partial charge >= 0.3 is 6.03 Å². The fraction of sp³-hybridized carbons (Fsp3) is 0.435. The summed E-state index contributed by atoms with van der Waals surface area (Å²) in [5.41, 5.74) is 3.53. The molecule has 2 aromatic rings. The van der Waals surface area contributed by atoms with Crippen molar-refractivity contribution in [1.29, 1.82) is 0 Å². The largest absolute Gasteiger partial charge is 0.331 e. The number of nitrogens with one attached hydrogen (secondary N) is 3. The second kappa shape index (κ2) is 9.04. The summed E-state index contributed by atoms with van der Waals surface area (Å²) in [6.07, 6.45) is 1.15. The maximum Gasteiger partial charge on any atom is 0.319 e. The Kier molecular flexibility index (Phi) is 7.27. The van der Waals surface area contributed by atoms with Gasteiger partial charge in [0.25, 0.3) is 0 Å². The lowest BCUT2D eigenvalue weighted by Crippen LogP contribution is -2.41. The van der Waals surface area contributed by atoms with E-state index in [0.717, 1.165) is 22.7 Å². The lowest BCUT2D eigenvalue weighted by Gasteiger charge is -2.24. The van der Waals surface area contributed by atoms with Crippen molar-refractivity contribution in [3.63, 3.8) is 0 Å². The Bertz CT molecular complexity index is 1040. The first-order valence-electron chi connectivity index (χ1n) is 10.4. The molecule has 0 bridgehead atoms. The van der Waals surface area contributed by atoms with Crippen LogP contribution in [0.2, 0.25) is 19.6 Å². The molecule has 8 heteroatoms. The van der Waals surface area contributed by atoms with Gasteiger partial charge in [0, 0.05) is 11.4 Å². The van der Waals surface area contributed by atoms with Crippen LogP contribution < -0.4 is 20.5 Å². The number of amides is 2. The van der Waals surface area contributed by atoms with Gasteiger partial charge in [0.05, 0.1) is 20.4 Å². The van der Waals surface area contributed by atoms with E-state index in [1.807, 2.05) is 43.3 Å². The topological polar surface area (TPSA) is 87.3 Å². The average molecular weight is 462 g/mol. The fourth-order valence-electron chi connectivity index (χ4n) is 3.24. The van der Waals surface area contributed by atoms with Crippen molar-refractivity contribution in [3.05, 3.63) is 53.6 Å². The van der Waals surface area contributed by atoms with Crippen LogP contribution in [0.5, 0.6) is 0 Å². The number of sulfonamides is 1. The maximum atomic E-state index is 12.5. The van der Waals surface area contributed by atoms with Gasteiger partial charge in [-0.2, -0.15) is 0 Å². The molecule has 0 spiro atoms. The zero-order chi connectivity index (χ0) is 23.6. The number of benzene rings is 2. The first kappa shape index (κ1) is 24.9. The van der Waals surface area contributed by atoms with Crippen LogP contribution in [0.15, 0.2) is 42.5 Å². The molecule has 6 nitrogen and oxygen atoms in total. The average Bonchev–Trinajstić information content (AvgIpc) is 2.59. The molecule has 0 aliphatic rings. The molecule has 0 fully saturated rings. The molecule has 2 rings (SSSR count). The highest BCUT2D eigenvalue weighted by atomic mass is 32.2. The normalized spacial score (nSPS) is 13.4. The third-order valence-corrected chi connectivity index (χ3v) is 7.62. The molecular weight excluding hydrogens is 426 g/mol. The first-order chi connectivity index (χ1) is 14.1. The van der Waals surface area contributed by atoms with Crippen molar-refractivity contribution in [3.8, 4) is 0 Å². The van der Waals surface area contributed by atoms with E-state index in [0.29, 0.717) is 5.69 Å². The Labute approximate surface area is 187 Å². The lowest BCUT2D eigenvalue weighted by molar-refractivity contribution is 0.249. The molecule has 0 aromatic heterocycles. The quantitative estimate of drug-likeness (QED) is 0.541. The van der Waals surface area contributed by atoms with Gasteiger partial charge < -0.3 is 10.6 Å². The van der Waals surface area contributed by atoms with Crippen LogP contribution >= 0.6 is 0 Å². The van der Waals surface area contributed by atoms with Crippen LogP contribution in [0.4, 0.5) is 16.2 Å². The minimum Gasteiger partial charge on any atom is -0.331 e. The number of carbonyl (C=O) groups excluding carboxylic acids is 1. The number of carbonyl (C=O) groups is 1. The fourth-order valence-corrected chi connectivity index (χ4v) is 5.46. The van der Waals surface area contributed by atoms with E-state index >= 15 is 0 Å². The van der Waals surface area contributed by atoms with Gasteiger partial charge in [-0.1, -0.05) is 64.7 Å². The van der Waals surface area contributed by atoms with E-state index in [2.05, 4.69) is 55.8 Å². The van der Waals surface area contributed by atoms with E-state index in [9.17, 15) is 13.2 Å². The molecule has 0 heterocycles. The molecule has 0 aliphatic carbocycles. The van der Waals surface area contributed by atoms with Gasteiger partial charge in [-0.3, -0.25) is 4.72 Å². The minimum absolute atomic E-state index is 0.0570. The zero-order valence-electron chi connectivity index (χ0n) is 19.8. The molecule has 1 atom stereocenters. The number of rotatable bonds is 6. The maximum absolute atomic E-state index is 12.5. The standard InChI is InChI=1S/C23H35N3O3SSi/c1-16(24-22(27)25-19-12-10-18(11-13-19)23(2,3)4)17-9-14-20(26-30(5,28)29)21(15-17)31(6,7)8/h9-16,26H,1-8H3,(H2,24,25,27)/t16-/m1/s1. The molecule has 3 N–H and O–H groups in total. The second-order valence-corrected chi connectivity index (χ2v) is 16.9. The van der Waals surface area contributed by atoms with Gasteiger partial charge in [-0.25, -0.2) is 13.2 Å². The van der Waals surface area contributed by atoms with E-state index in [1.54, 1.807) is 6.07 Å². The van der Waals surface area contributed by atoms with E-state index in [1.165, 1.54) is 5.56 Å². The third-order valence-electron chi connectivity index (χ3n) is 5.00. The smallest absolute Gasteiger partial charge is 0.319 e. The molecular formula is C23H35N3O3SSi. The number of hydrogen-bond acceptors (Lipinski definition) is 3. The second-order valence-electron chi connectivity index (χ2n) is 10.1. The van der Waals surface area contributed by atoms with Crippen molar-refractivity contribution in [2.45, 2.75) is 58.8 Å². The van der Waals surface area contributed by atoms with Gasteiger partial charge in [0.15, 0.2) is 0 Å². The molecule has 2 aromatic carbocycles. The van der Waals surface area contributed by atoms with E-state index in [-0.39, 0.29) is 17.5 Å². The summed E-state index contributed by atoms with van der Waals surface area (Å²) in [5, 5.41) is 6.84. The lowest BCUT2D eigenvalue weighted by atomic mass is 9.87. The third kappa shape index (κ3) is 7.39. The van der Waals surface area contributed by atoms with Crippen LogP contribution in [0.1, 0.15) is 44.9 Å². The summed E-state index contributed by atoms with van der Waals surface area (Å²) in [5.74, 6) is 0. The van der Waals surface area contributed by atoms with Crippen molar-refractivity contribution < 1.29 is 13.2 Å². The van der Waals surface area contributed by atoms with Crippen molar-refractivity contribution >= 4 is 40.7 Å². The highest BCUT2D eigenvalue weighted by Crippen LogP contribution is 2.24. The molecule has 0 radical (unpaired) electrons. The predicted molar refractivity (Wildman–Crippen MR) is 134 cm³/mol. The van der Waals surface area contributed by atoms with Gasteiger partial charge in [0.1, 0.15) is 0 Å². The van der Waals surface area contributed by atoms with Crippen molar-refractivity contribution in [2.24, 2.45) is 0 Å².